The fraction of sp³-hybridized carbons (Fsp3) is 0.167. The van der Waals surface area contributed by atoms with Crippen LogP contribution in [0.15, 0.2) is 66.7 Å². The summed E-state index contributed by atoms with van der Waals surface area (Å²) in [6.07, 6.45) is 0. The van der Waals surface area contributed by atoms with E-state index in [-0.39, 0.29) is 24.2 Å². The Kier molecular flexibility index (Phi) is 4.89. The van der Waals surface area contributed by atoms with Crippen molar-refractivity contribution < 1.29 is 14.0 Å². The molecule has 1 atom stereocenters. The van der Waals surface area contributed by atoms with Gasteiger partial charge in [0, 0.05) is 16.8 Å². The number of carbonyl (C=O) groups is 2. The molecule has 1 aliphatic rings. The highest BCUT2D eigenvalue weighted by molar-refractivity contribution is 6.01. The summed E-state index contributed by atoms with van der Waals surface area (Å²) in [6, 6.07) is 18.6. The standard InChI is InChI=1S/C24H21FN2O2/c1-15-4-3-5-18(12-15)24(29)27-14-22(28)26-21-11-6-16(2)13-20(21)23(27)17-7-9-19(25)10-8-17/h3-13,23H,14H2,1-2H3,(H,26,28). The average molecular weight is 388 g/mol. The molecule has 2 amide bonds. The van der Waals surface area contributed by atoms with Crippen LogP contribution in [0.25, 0.3) is 0 Å². The number of hydrogen-bond acceptors (Lipinski definition) is 2. The van der Waals surface area contributed by atoms with Crippen LogP contribution in [-0.4, -0.2) is 23.3 Å². The van der Waals surface area contributed by atoms with E-state index in [9.17, 15) is 14.0 Å². The minimum absolute atomic E-state index is 0.0947. The summed E-state index contributed by atoms with van der Waals surface area (Å²) in [4.78, 5) is 27.6. The molecular weight excluding hydrogens is 367 g/mol. The maximum Gasteiger partial charge on any atom is 0.255 e. The molecule has 0 aromatic heterocycles. The Morgan fingerprint density at radius 3 is 2.45 bits per heavy atom. The zero-order valence-corrected chi connectivity index (χ0v) is 16.3. The van der Waals surface area contributed by atoms with Crippen molar-refractivity contribution in [2.75, 3.05) is 11.9 Å². The first-order chi connectivity index (χ1) is 13.9. The first-order valence-electron chi connectivity index (χ1n) is 9.46. The predicted octanol–water partition coefficient (Wildman–Crippen LogP) is 4.63. The molecule has 0 saturated carbocycles. The van der Waals surface area contributed by atoms with Crippen molar-refractivity contribution in [3.05, 3.63) is 100 Å². The molecule has 4 rings (SSSR count). The number of aryl methyl sites for hydroxylation is 2. The van der Waals surface area contributed by atoms with E-state index >= 15 is 0 Å². The molecule has 0 aliphatic carbocycles. The van der Waals surface area contributed by atoms with E-state index in [4.69, 9.17) is 0 Å². The number of anilines is 1. The maximum absolute atomic E-state index is 13.6. The van der Waals surface area contributed by atoms with Gasteiger partial charge in [-0.05, 0) is 49.7 Å². The van der Waals surface area contributed by atoms with Crippen molar-refractivity contribution in [3.8, 4) is 0 Å². The molecule has 29 heavy (non-hydrogen) atoms. The van der Waals surface area contributed by atoms with Crippen LogP contribution >= 0.6 is 0 Å². The third-order valence-electron chi connectivity index (χ3n) is 5.11. The number of amides is 2. The first-order valence-corrected chi connectivity index (χ1v) is 9.46. The number of carbonyl (C=O) groups excluding carboxylic acids is 2. The van der Waals surface area contributed by atoms with Crippen LogP contribution < -0.4 is 5.32 Å². The second-order valence-electron chi connectivity index (χ2n) is 7.40. The second kappa shape index (κ2) is 7.51. The van der Waals surface area contributed by atoms with Gasteiger partial charge in [0.25, 0.3) is 5.91 Å². The summed E-state index contributed by atoms with van der Waals surface area (Å²) in [5.41, 5.74) is 4.70. The maximum atomic E-state index is 13.6. The molecule has 1 heterocycles. The van der Waals surface area contributed by atoms with Gasteiger partial charge in [-0.15, -0.1) is 0 Å². The third kappa shape index (κ3) is 3.76. The van der Waals surface area contributed by atoms with Gasteiger partial charge in [0.05, 0.1) is 6.04 Å². The molecule has 0 radical (unpaired) electrons. The van der Waals surface area contributed by atoms with Gasteiger partial charge < -0.3 is 10.2 Å². The highest BCUT2D eigenvalue weighted by Crippen LogP contribution is 2.37. The fourth-order valence-corrected chi connectivity index (χ4v) is 3.76. The monoisotopic (exact) mass is 388 g/mol. The quantitative estimate of drug-likeness (QED) is 0.696. The predicted molar refractivity (Wildman–Crippen MR) is 110 cm³/mol. The smallest absolute Gasteiger partial charge is 0.255 e. The Morgan fingerprint density at radius 1 is 1.00 bits per heavy atom. The lowest BCUT2D eigenvalue weighted by molar-refractivity contribution is -0.117. The Morgan fingerprint density at radius 2 is 1.72 bits per heavy atom. The Labute approximate surface area is 169 Å². The zero-order chi connectivity index (χ0) is 20.5. The number of nitrogens with one attached hydrogen (secondary N) is 1. The molecule has 0 bridgehead atoms. The summed E-state index contributed by atoms with van der Waals surface area (Å²) >= 11 is 0. The van der Waals surface area contributed by atoms with Gasteiger partial charge >= 0.3 is 0 Å². The number of nitrogens with zero attached hydrogens (tertiary/aromatic N) is 1. The van der Waals surface area contributed by atoms with Crippen molar-refractivity contribution >= 4 is 17.5 Å². The highest BCUT2D eigenvalue weighted by Gasteiger charge is 2.34. The minimum Gasteiger partial charge on any atom is -0.324 e. The SMILES string of the molecule is Cc1cccc(C(=O)N2CC(=O)Nc3ccc(C)cc3C2c2ccc(F)cc2)c1. The molecule has 5 heteroatoms. The van der Waals surface area contributed by atoms with Crippen LogP contribution in [0.4, 0.5) is 10.1 Å². The van der Waals surface area contributed by atoms with Crippen molar-refractivity contribution in [3.63, 3.8) is 0 Å². The van der Waals surface area contributed by atoms with Crippen LogP contribution in [0.2, 0.25) is 0 Å². The van der Waals surface area contributed by atoms with Crippen molar-refractivity contribution in [2.45, 2.75) is 19.9 Å². The molecule has 1 aliphatic heterocycles. The number of benzene rings is 3. The molecule has 146 valence electrons. The van der Waals surface area contributed by atoms with Crippen molar-refractivity contribution in [2.24, 2.45) is 0 Å². The van der Waals surface area contributed by atoms with Gasteiger partial charge in [0.1, 0.15) is 12.4 Å². The van der Waals surface area contributed by atoms with Gasteiger partial charge in [-0.2, -0.15) is 0 Å². The van der Waals surface area contributed by atoms with Crippen LogP contribution in [0.5, 0.6) is 0 Å². The molecule has 4 nitrogen and oxygen atoms in total. The van der Waals surface area contributed by atoms with E-state index in [0.29, 0.717) is 11.3 Å². The zero-order valence-electron chi connectivity index (χ0n) is 16.3. The Bertz CT molecular complexity index is 1090. The lowest BCUT2D eigenvalue weighted by atomic mass is 9.94. The number of hydrogen-bond donors (Lipinski definition) is 1. The fourth-order valence-electron chi connectivity index (χ4n) is 3.76. The molecule has 0 saturated heterocycles. The molecule has 1 N–H and O–H groups in total. The number of fused-ring (bicyclic) bond motifs is 1. The summed E-state index contributed by atoms with van der Waals surface area (Å²) < 4.78 is 13.6. The van der Waals surface area contributed by atoms with Gasteiger partial charge in [-0.3, -0.25) is 9.59 Å². The van der Waals surface area contributed by atoms with Crippen LogP contribution in [0.1, 0.15) is 38.7 Å². The van der Waals surface area contributed by atoms with Gasteiger partial charge in [0.15, 0.2) is 0 Å². The summed E-state index contributed by atoms with van der Waals surface area (Å²) in [5, 5.41) is 2.90. The van der Waals surface area contributed by atoms with E-state index < -0.39 is 6.04 Å². The topological polar surface area (TPSA) is 49.4 Å². The molecule has 3 aromatic rings. The van der Waals surface area contributed by atoms with E-state index in [1.54, 1.807) is 23.1 Å². The molecule has 0 spiro atoms. The lowest BCUT2D eigenvalue weighted by Gasteiger charge is -2.31. The second-order valence-corrected chi connectivity index (χ2v) is 7.40. The van der Waals surface area contributed by atoms with Crippen molar-refractivity contribution in [1.82, 2.24) is 4.90 Å². The van der Waals surface area contributed by atoms with Gasteiger partial charge in [-0.1, -0.05) is 47.5 Å². The summed E-state index contributed by atoms with van der Waals surface area (Å²) in [7, 11) is 0. The normalized spacial score (nSPS) is 16.0. The largest absolute Gasteiger partial charge is 0.324 e. The number of halogens is 1. The van der Waals surface area contributed by atoms with Crippen LogP contribution in [0.3, 0.4) is 0 Å². The Balaban J connectivity index is 1.90. The average Bonchev–Trinajstić information content (AvgIpc) is 2.84. The molecule has 0 fully saturated rings. The van der Waals surface area contributed by atoms with Gasteiger partial charge in [0.2, 0.25) is 5.91 Å². The van der Waals surface area contributed by atoms with Crippen molar-refractivity contribution in [1.29, 1.82) is 0 Å². The third-order valence-corrected chi connectivity index (χ3v) is 5.11. The van der Waals surface area contributed by atoms with E-state index in [2.05, 4.69) is 5.32 Å². The molecule has 1 unspecified atom stereocenters. The first kappa shape index (κ1) is 18.9. The van der Waals surface area contributed by atoms with Crippen LogP contribution in [0, 0.1) is 19.7 Å². The summed E-state index contributed by atoms with van der Waals surface area (Å²) in [5.74, 6) is -0.856. The highest BCUT2D eigenvalue weighted by atomic mass is 19.1. The van der Waals surface area contributed by atoms with Crippen LogP contribution in [-0.2, 0) is 4.79 Å². The molecular formula is C24H21FN2O2. The molecule has 3 aromatic carbocycles. The van der Waals surface area contributed by atoms with E-state index in [1.165, 1.54) is 12.1 Å². The van der Waals surface area contributed by atoms with E-state index in [0.717, 1.165) is 22.3 Å². The number of rotatable bonds is 2. The lowest BCUT2D eigenvalue weighted by Crippen LogP contribution is -2.39. The van der Waals surface area contributed by atoms with Gasteiger partial charge in [-0.25, -0.2) is 4.39 Å². The summed E-state index contributed by atoms with van der Waals surface area (Å²) in [6.45, 7) is 3.78. The van der Waals surface area contributed by atoms with E-state index in [1.807, 2.05) is 50.2 Å². The Hall–Kier alpha value is -3.47. The minimum atomic E-state index is -0.516.